The summed E-state index contributed by atoms with van der Waals surface area (Å²) in [4.78, 5) is 9.82. The minimum Gasteiger partial charge on any atom is -0.496 e. The number of hydrogen-bond donors (Lipinski definition) is 2. The Balaban J connectivity index is 1.69. The number of benzene rings is 1. The van der Waals surface area contributed by atoms with Crippen LogP contribution in [0.2, 0.25) is 0 Å². The van der Waals surface area contributed by atoms with E-state index in [4.69, 9.17) is 14.7 Å². The normalized spacial score (nSPS) is 19.5. The fourth-order valence-electron chi connectivity index (χ4n) is 4.30. The molecule has 30 heavy (non-hydrogen) atoms. The lowest BCUT2D eigenvalue weighted by Crippen LogP contribution is -2.37. The third-order valence-corrected chi connectivity index (χ3v) is 7.95. The lowest BCUT2D eigenvalue weighted by molar-refractivity contribution is 0.382. The predicted molar refractivity (Wildman–Crippen MR) is 115 cm³/mol. The summed E-state index contributed by atoms with van der Waals surface area (Å²) in [5.74, 6) is 2.24. The Bertz CT molecular complexity index is 1060. The molecule has 9 heteroatoms. The van der Waals surface area contributed by atoms with Gasteiger partial charge in [0.05, 0.1) is 30.3 Å². The SMILES string of the molecule is CNc1nc(C2CCCN2)nc2c1CCN(S(=O)(=O)c1cc(C)c(OC)cc1C)C2. The van der Waals surface area contributed by atoms with Gasteiger partial charge in [-0.3, -0.25) is 0 Å². The Morgan fingerprint density at radius 1 is 1.23 bits per heavy atom. The van der Waals surface area contributed by atoms with E-state index in [0.717, 1.165) is 47.8 Å². The molecule has 2 aromatic rings. The van der Waals surface area contributed by atoms with Crippen molar-refractivity contribution in [3.8, 4) is 5.75 Å². The Hall–Kier alpha value is -2.23. The highest BCUT2D eigenvalue weighted by Gasteiger charge is 2.33. The van der Waals surface area contributed by atoms with E-state index in [9.17, 15) is 8.42 Å². The van der Waals surface area contributed by atoms with Crippen LogP contribution in [0.5, 0.6) is 5.75 Å². The maximum absolute atomic E-state index is 13.5. The van der Waals surface area contributed by atoms with E-state index in [2.05, 4.69) is 10.6 Å². The van der Waals surface area contributed by atoms with Crippen LogP contribution in [0.1, 0.15) is 47.1 Å². The van der Waals surface area contributed by atoms with Crippen molar-refractivity contribution in [3.05, 3.63) is 40.3 Å². The summed E-state index contributed by atoms with van der Waals surface area (Å²) < 4.78 is 33.8. The molecule has 1 aromatic carbocycles. The summed E-state index contributed by atoms with van der Waals surface area (Å²) >= 11 is 0. The summed E-state index contributed by atoms with van der Waals surface area (Å²) in [6, 6.07) is 3.61. The van der Waals surface area contributed by atoms with Gasteiger partial charge in [-0.2, -0.15) is 4.31 Å². The quantitative estimate of drug-likeness (QED) is 0.750. The lowest BCUT2D eigenvalue weighted by Gasteiger charge is -2.29. The first-order valence-corrected chi connectivity index (χ1v) is 11.8. The average Bonchev–Trinajstić information content (AvgIpc) is 3.28. The highest BCUT2D eigenvalue weighted by Crippen LogP contribution is 2.32. The molecule has 2 N–H and O–H groups in total. The molecule has 1 saturated heterocycles. The van der Waals surface area contributed by atoms with Crippen molar-refractivity contribution in [1.29, 1.82) is 0 Å². The summed E-state index contributed by atoms with van der Waals surface area (Å²) in [5.41, 5.74) is 3.27. The van der Waals surface area contributed by atoms with E-state index in [1.54, 1.807) is 26.2 Å². The molecule has 0 spiro atoms. The molecule has 1 unspecified atom stereocenters. The van der Waals surface area contributed by atoms with Crippen molar-refractivity contribution in [1.82, 2.24) is 19.6 Å². The topological polar surface area (TPSA) is 96.5 Å². The molecule has 1 fully saturated rings. The van der Waals surface area contributed by atoms with Gasteiger partial charge in [-0.05, 0) is 62.9 Å². The van der Waals surface area contributed by atoms with Crippen LogP contribution in [0.15, 0.2) is 17.0 Å². The third-order valence-electron chi connectivity index (χ3n) is 5.97. The van der Waals surface area contributed by atoms with Crippen LogP contribution in [0.25, 0.3) is 0 Å². The number of ether oxygens (including phenoxy) is 1. The maximum atomic E-state index is 13.5. The fraction of sp³-hybridized carbons (Fsp3) is 0.524. The molecule has 0 saturated carbocycles. The zero-order valence-corrected chi connectivity index (χ0v) is 18.8. The molecular formula is C21H29N5O3S. The third kappa shape index (κ3) is 3.66. The van der Waals surface area contributed by atoms with Crippen molar-refractivity contribution in [2.45, 2.75) is 50.6 Å². The van der Waals surface area contributed by atoms with Gasteiger partial charge < -0.3 is 15.4 Å². The van der Waals surface area contributed by atoms with Gasteiger partial charge in [-0.15, -0.1) is 0 Å². The van der Waals surface area contributed by atoms with Gasteiger partial charge in [0.1, 0.15) is 17.4 Å². The Morgan fingerprint density at radius 3 is 2.70 bits per heavy atom. The second-order valence-corrected chi connectivity index (χ2v) is 9.84. The fourth-order valence-corrected chi connectivity index (χ4v) is 5.99. The largest absolute Gasteiger partial charge is 0.496 e. The zero-order chi connectivity index (χ0) is 21.5. The molecule has 2 aliphatic heterocycles. The highest BCUT2D eigenvalue weighted by atomic mass is 32.2. The number of aromatic nitrogens is 2. The number of sulfonamides is 1. The molecule has 2 aliphatic rings. The number of aryl methyl sites for hydroxylation is 2. The minimum absolute atomic E-state index is 0.126. The Kier molecular flexibility index (Phi) is 5.69. The predicted octanol–water partition coefficient (Wildman–Crippen LogP) is 2.32. The van der Waals surface area contributed by atoms with Crippen molar-refractivity contribution in [2.75, 3.05) is 32.6 Å². The Morgan fingerprint density at radius 2 is 2.03 bits per heavy atom. The first kappa shape index (κ1) is 21.0. The van der Waals surface area contributed by atoms with Crippen LogP contribution in [0, 0.1) is 13.8 Å². The van der Waals surface area contributed by atoms with E-state index < -0.39 is 10.0 Å². The number of methoxy groups -OCH3 is 1. The van der Waals surface area contributed by atoms with Gasteiger partial charge in [-0.25, -0.2) is 18.4 Å². The standard InChI is InChI=1S/C21H29N5O3S/c1-13-11-19(14(2)10-18(13)29-4)30(27,28)26-9-7-15-17(12-26)24-21(25-20(15)22-3)16-6-5-8-23-16/h10-11,16,23H,5-9,12H2,1-4H3,(H,22,24,25). The molecule has 8 nitrogen and oxygen atoms in total. The van der Waals surface area contributed by atoms with Crippen molar-refractivity contribution in [2.24, 2.45) is 0 Å². The molecule has 0 amide bonds. The molecule has 1 atom stereocenters. The monoisotopic (exact) mass is 431 g/mol. The first-order chi connectivity index (χ1) is 14.3. The molecular weight excluding hydrogens is 402 g/mol. The summed E-state index contributed by atoms with van der Waals surface area (Å²) in [5, 5.41) is 6.60. The van der Waals surface area contributed by atoms with Crippen LogP contribution < -0.4 is 15.4 Å². The number of fused-ring (bicyclic) bond motifs is 1. The molecule has 1 aromatic heterocycles. The van der Waals surface area contributed by atoms with Crippen LogP contribution in [-0.2, 0) is 23.0 Å². The molecule has 4 rings (SSSR count). The average molecular weight is 432 g/mol. The summed E-state index contributed by atoms with van der Waals surface area (Å²) in [6.45, 7) is 5.27. The van der Waals surface area contributed by atoms with Gasteiger partial charge in [0.2, 0.25) is 10.0 Å². The molecule has 3 heterocycles. The van der Waals surface area contributed by atoms with Gasteiger partial charge in [0, 0.05) is 19.2 Å². The minimum atomic E-state index is -3.65. The maximum Gasteiger partial charge on any atom is 0.243 e. The second-order valence-electron chi connectivity index (χ2n) is 7.93. The van der Waals surface area contributed by atoms with E-state index in [-0.39, 0.29) is 12.6 Å². The molecule has 0 bridgehead atoms. The van der Waals surface area contributed by atoms with Crippen LogP contribution in [-0.4, -0.2) is 49.9 Å². The summed E-state index contributed by atoms with van der Waals surface area (Å²) in [7, 11) is -0.214. The van der Waals surface area contributed by atoms with E-state index in [1.165, 1.54) is 4.31 Å². The number of nitrogens with zero attached hydrogens (tertiary/aromatic N) is 3. The van der Waals surface area contributed by atoms with Crippen LogP contribution in [0.3, 0.4) is 0 Å². The second kappa shape index (κ2) is 8.13. The van der Waals surface area contributed by atoms with Gasteiger partial charge >= 0.3 is 0 Å². The molecule has 162 valence electrons. The zero-order valence-electron chi connectivity index (χ0n) is 17.9. The lowest BCUT2D eigenvalue weighted by atomic mass is 10.1. The van der Waals surface area contributed by atoms with Crippen molar-refractivity contribution < 1.29 is 13.2 Å². The highest BCUT2D eigenvalue weighted by molar-refractivity contribution is 7.89. The molecule has 0 radical (unpaired) electrons. The van der Waals surface area contributed by atoms with Gasteiger partial charge in [0.15, 0.2) is 0 Å². The number of nitrogens with one attached hydrogen (secondary N) is 2. The first-order valence-electron chi connectivity index (χ1n) is 10.3. The number of hydrogen-bond acceptors (Lipinski definition) is 7. The van der Waals surface area contributed by atoms with Gasteiger partial charge in [-0.1, -0.05) is 0 Å². The van der Waals surface area contributed by atoms with Crippen LogP contribution >= 0.6 is 0 Å². The van der Waals surface area contributed by atoms with E-state index in [1.807, 2.05) is 14.0 Å². The van der Waals surface area contributed by atoms with E-state index >= 15 is 0 Å². The number of rotatable bonds is 5. The molecule has 0 aliphatic carbocycles. The smallest absolute Gasteiger partial charge is 0.243 e. The number of anilines is 1. The summed E-state index contributed by atoms with van der Waals surface area (Å²) in [6.07, 6.45) is 2.67. The van der Waals surface area contributed by atoms with Gasteiger partial charge in [0.25, 0.3) is 0 Å². The van der Waals surface area contributed by atoms with Crippen molar-refractivity contribution >= 4 is 15.8 Å². The van der Waals surface area contributed by atoms with E-state index in [0.29, 0.717) is 29.2 Å². The van der Waals surface area contributed by atoms with Crippen LogP contribution in [0.4, 0.5) is 5.82 Å². The van der Waals surface area contributed by atoms with Crippen molar-refractivity contribution in [3.63, 3.8) is 0 Å². The Labute approximate surface area is 178 Å².